The van der Waals surface area contributed by atoms with Gasteiger partial charge >= 0.3 is 0 Å². The van der Waals surface area contributed by atoms with Crippen molar-refractivity contribution in [3.63, 3.8) is 0 Å². The molecule has 4 rings (SSSR count). The smallest absolute Gasteiger partial charge is 0.274 e. The summed E-state index contributed by atoms with van der Waals surface area (Å²) in [5, 5.41) is 15.1. The standard InChI is InChI=1S/C24H19ClN4O4S/c1-14-6-3-4-8-20(14)28-23(31)17-11-10-16(25)12-19(17)27-24(28)34-13-22(30)26-18-7-5-9-21(15(18)2)29(32)33/h3-12H,13H2,1-2H3,(H,26,30). The van der Waals surface area contributed by atoms with Crippen LogP contribution < -0.4 is 10.9 Å². The highest BCUT2D eigenvalue weighted by Gasteiger charge is 2.18. The summed E-state index contributed by atoms with van der Waals surface area (Å²) in [6, 6.07) is 16.8. The van der Waals surface area contributed by atoms with Crippen LogP contribution in [0.5, 0.6) is 0 Å². The predicted octanol–water partition coefficient (Wildman–Crippen LogP) is 5.29. The first kappa shape index (κ1) is 23.5. The van der Waals surface area contributed by atoms with Crippen LogP contribution in [0.25, 0.3) is 16.6 Å². The number of rotatable bonds is 6. The summed E-state index contributed by atoms with van der Waals surface area (Å²) in [4.78, 5) is 41.4. The van der Waals surface area contributed by atoms with Gasteiger partial charge in [0.05, 0.1) is 38.5 Å². The van der Waals surface area contributed by atoms with Crippen molar-refractivity contribution in [1.82, 2.24) is 9.55 Å². The molecular formula is C24H19ClN4O4S. The molecule has 4 aromatic rings. The first-order valence-electron chi connectivity index (χ1n) is 10.2. The Morgan fingerprint density at radius 2 is 1.91 bits per heavy atom. The second-order valence-electron chi connectivity index (χ2n) is 7.53. The minimum Gasteiger partial charge on any atom is -0.325 e. The van der Waals surface area contributed by atoms with Gasteiger partial charge in [0.15, 0.2) is 5.16 Å². The largest absolute Gasteiger partial charge is 0.325 e. The van der Waals surface area contributed by atoms with Crippen LogP contribution in [0.1, 0.15) is 11.1 Å². The third-order valence-electron chi connectivity index (χ3n) is 5.27. The lowest BCUT2D eigenvalue weighted by atomic mass is 10.1. The van der Waals surface area contributed by atoms with E-state index in [2.05, 4.69) is 10.3 Å². The highest BCUT2D eigenvalue weighted by Crippen LogP contribution is 2.27. The topological polar surface area (TPSA) is 107 Å². The van der Waals surface area contributed by atoms with Gasteiger partial charge in [-0.25, -0.2) is 4.98 Å². The van der Waals surface area contributed by atoms with Crippen LogP contribution in [-0.4, -0.2) is 26.1 Å². The summed E-state index contributed by atoms with van der Waals surface area (Å²) in [5.41, 5.74) is 2.34. The molecule has 0 fully saturated rings. The number of carbonyl (C=O) groups is 1. The van der Waals surface area contributed by atoms with Crippen LogP contribution in [0.3, 0.4) is 0 Å². The van der Waals surface area contributed by atoms with E-state index in [1.54, 1.807) is 31.2 Å². The predicted molar refractivity (Wildman–Crippen MR) is 134 cm³/mol. The number of hydrogen-bond donors (Lipinski definition) is 1. The van der Waals surface area contributed by atoms with Crippen LogP contribution in [0.2, 0.25) is 5.02 Å². The summed E-state index contributed by atoms with van der Waals surface area (Å²) in [5.74, 6) is -0.447. The Bertz CT molecular complexity index is 1500. The van der Waals surface area contributed by atoms with Crippen molar-refractivity contribution in [2.24, 2.45) is 0 Å². The zero-order chi connectivity index (χ0) is 24.4. The molecule has 3 aromatic carbocycles. The molecule has 34 heavy (non-hydrogen) atoms. The SMILES string of the molecule is Cc1ccccc1-n1c(SCC(=O)Nc2cccc([N+](=O)[O-])c2C)nc2cc(Cl)ccc2c1=O. The van der Waals surface area contributed by atoms with Crippen LogP contribution >= 0.6 is 23.4 Å². The Kier molecular flexibility index (Phi) is 6.67. The Hall–Kier alpha value is -3.69. The lowest BCUT2D eigenvalue weighted by Gasteiger charge is -2.15. The molecular weight excluding hydrogens is 476 g/mol. The maximum Gasteiger partial charge on any atom is 0.274 e. The number of nitro benzene ring substituents is 1. The minimum absolute atomic E-state index is 0.0630. The molecule has 8 nitrogen and oxygen atoms in total. The zero-order valence-corrected chi connectivity index (χ0v) is 19.8. The number of amides is 1. The van der Waals surface area contributed by atoms with E-state index in [4.69, 9.17) is 11.6 Å². The quantitative estimate of drug-likeness (QED) is 0.169. The van der Waals surface area contributed by atoms with Gasteiger partial charge in [0.25, 0.3) is 11.2 Å². The number of aromatic nitrogens is 2. The number of halogens is 1. The molecule has 172 valence electrons. The van der Waals surface area contributed by atoms with Crippen molar-refractivity contribution in [1.29, 1.82) is 0 Å². The van der Waals surface area contributed by atoms with Crippen LogP contribution in [0, 0.1) is 24.0 Å². The number of nitro groups is 1. The van der Waals surface area contributed by atoms with Gasteiger partial charge in [-0.2, -0.15) is 0 Å². The molecule has 1 amide bonds. The first-order valence-corrected chi connectivity index (χ1v) is 11.6. The van der Waals surface area contributed by atoms with Crippen molar-refractivity contribution in [3.05, 3.63) is 97.3 Å². The van der Waals surface area contributed by atoms with Crippen LogP contribution in [-0.2, 0) is 4.79 Å². The number of para-hydroxylation sites is 1. The fourth-order valence-electron chi connectivity index (χ4n) is 3.54. The fraction of sp³-hybridized carbons (Fsp3) is 0.125. The van der Waals surface area contributed by atoms with Gasteiger partial charge in [-0.05, 0) is 49.7 Å². The number of fused-ring (bicyclic) bond motifs is 1. The maximum absolute atomic E-state index is 13.4. The number of benzene rings is 3. The molecule has 0 bridgehead atoms. The Labute approximate surface area is 203 Å². The van der Waals surface area contributed by atoms with E-state index in [9.17, 15) is 19.7 Å². The summed E-state index contributed by atoms with van der Waals surface area (Å²) >= 11 is 7.20. The highest BCUT2D eigenvalue weighted by atomic mass is 35.5. The number of nitrogens with one attached hydrogen (secondary N) is 1. The van der Waals surface area contributed by atoms with Crippen LogP contribution in [0.15, 0.2) is 70.6 Å². The van der Waals surface area contributed by atoms with Gasteiger partial charge in [-0.3, -0.25) is 24.3 Å². The van der Waals surface area contributed by atoms with Crippen molar-refractivity contribution in [3.8, 4) is 5.69 Å². The van der Waals surface area contributed by atoms with Crippen molar-refractivity contribution in [2.75, 3.05) is 11.1 Å². The molecule has 10 heteroatoms. The lowest BCUT2D eigenvalue weighted by molar-refractivity contribution is -0.385. The summed E-state index contributed by atoms with van der Waals surface area (Å²) < 4.78 is 1.49. The number of anilines is 1. The summed E-state index contributed by atoms with van der Waals surface area (Å²) in [7, 11) is 0. The van der Waals surface area contributed by atoms with Crippen molar-refractivity contribution < 1.29 is 9.72 Å². The third kappa shape index (κ3) is 4.66. The van der Waals surface area contributed by atoms with E-state index in [0.717, 1.165) is 17.3 Å². The normalized spacial score (nSPS) is 10.9. The molecule has 0 unspecified atom stereocenters. The van der Waals surface area contributed by atoms with E-state index in [1.807, 2.05) is 31.2 Å². The molecule has 0 saturated carbocycles. The minimum atomic E-state index is -0.495. The van der Waals surface area contributed by atoms with E-state index in [-0.39, 0.29) is 22.9 Å². The van der Waals surface area contributed by atoms with Gasteiger partial charge in [0, 0.05) is 11.1 Å². The number of aryl methyl sites for hydroxylation is 1. The first-order chi connectivity index (χ1) is 16.3. The molecule has 0 saturated heterocycles. The number of nitrogens with zero attached hydrogens (tertiary/aromatic N) is 3. The average molecular weight is 495 g/mol. The van der Waals surface area contributed by atoms with Crippen LogP contribution in [0.4, 0.5) is 11.4 Å². The summed E-state index contributed by atoms with van der Waals surface area (Å²) in [6.45, 7) is 3.46. The molecule has 1 aromatic heterocycles. The molecule has 0 aliphatic carbocycles. The van der Waals surface area contributed by atoms with E-state index >= 15 is 0 Å². The maximum atomic E-state index is 13.4. The van der Waals surface area contributed by atoms with E-state index < -0.39 is 4.92 Å². The Morgan fingerprint density at radius 3 is 2.65 bits per heavy atom. The average Bonchev–Trinajstić information content (AvgIpc) is 2.79. The second-order valence-corrected chi connectivity index (χ2v) is 8.91. The second kappa shape index (κ2) is 9.66. The highest BCUT2D eigenvalue weighted by molar-refractivity contribution is 7.99. The van der Waals surface area contributed by atoms with E-state index in [1.165, 1.54) is 16.7 Å². The van der Waals surface area contributed by atoms with E-state index in [0.29, 0.717) is 38.0 Å². The molecule has 0 aliphatic rings. The van der Waals surface area contributed by atoms with Gasteiger partial charge in [-0.15, -0.1) is 0 Å². The van der Waals surface area contributed by atoms with Gasteiger partial charge in [0.1, 0.15) is 0 Å². The molecule has 0 spiro atoms. The molecule has 0 atom stereocenters. The fourth-order valence-corrected chi connectivity index (χ4v) is 4.51. The third-order valence-corrected chi connectivity index (χ3v) is 6.44. The molecule has 0 aliphatic heterocycles. The number of thioether (sulfide) groups is 1. The molecule has 0 radical (unpaired) electrons. The van der Waals surface area contributed by atoms with Gasteiger partial charge in [0.2, 0.25) is 5.91 Å². The lowest BCUT2D eigenvalue weighted by Crippen LogP contribution is -2.23. The van der Waals surface area contributed by atoms with Gasteiger partial charge < -0.3 is 5.32 Å². The number of carbonyl (C=O) groups excluding carboxylic acids is 1. The van der Waals surface area contributed by atoms with Crippen molar-refractivity contribution in [2.45, 2.75) is 19.0 Å². The number of hydrogen-bond acceptors (Lipinski definition) is 6. The molecule has 1 heterocycles. The zero-order valence-electron chi connectivity index (χ0n) is 18.2. The monoisotopic (exact) mass is 494 g/mol. The Morgan fingerprint density at radius 1 is 1.15 bits per heavy atom. The molecule has 1 N–H and O–H groups in total. The van der Waals surface area contributed by atoms with Gasteiger partial charge in [-0.1, -0.05) is 47.6 Å². The van der Waals surface area contributed by atoms with Crippen molar-refractivity contribution >= 4 is 51.5 Å². The summed E-state index contributed by atoms with van der Waals surface area (Å²) in [6.07, 6.45) is 0. The Balaban J connectivity index is 1.69.